The summed E-state index contributed by atoms with van der Waals surface area (Å²) >= 11 is 0. The molecule has 1 fully saturated rings. The van der Waals surface area contributed by atoms with Gasteiger partial charge in [0.05, 0.1) is 0 Å². The summed E-state index contributed by atoms with van der Waals surface area (Å²) in [5.74, 6) is -0.308. The zero-order valence-electron chi connectivity index (χ0n) is 16.3. The summed E-state index contributed by atoms with van der Waals surface area (Å²) in [7, 11) is 2.07. The van der Waals surface area contributed by atoms with Crippen molar-refractivity contribution in [3.05, 3.63) is 65.6 Å². The molecule has 4 rings (SSSR count). The maximum absolute atomic E-state index is 13.7. The first-order valence-corrected chi connectivity index (χ1v) is 9.58. The molecule has 0 unspecified atom stereocenters. The molecule has 3 aromatic rings. The Hall–Kier alpha value is -2.86. The van der Waals surface area contributed by atoms with Crippen LogP contribution in [-0.2, 0) is 13.6 Å². The largest absolute Gasteiger partial charge is 0.350 e. The second-order valence-electron chi connectivity index (χ2n) is 7.44. The third-order valence-corrected chi connectivity index (χ3v) is 5.46. The SMILES string of the molecule is Cc1ccc(NC(=O)N2CCN(Cc3cn(C)c4ccccc34)CC2)cc1F. The van der Waals surface area contributed by atoms with Gasteiger partial charge in [-0.15, -0.1) is 0 Å². The molecule has 0 radical (unpaired) electrons. The van der Waals surface area contributed by atoms with Gasteiger partial charge in [0.1, 0.15) is 5.82 Å². The number of carbonyl (C=O) groups is 1. The highest BCUT2D eigenvalue weighted by molar-refractivity contribution is 5.89. The van der Waals surface area contributed by atoms with Gasteiger partial charge in [-0.3, -0.25) is 4.90 Å². The van der Waals surface area contributed by atoms with Crippen molar-refractivity contribution in [2.45, 2.75) is 13.5 Å². The highest BCUT2D eigenvalue weighted by atomic mass is 19.1. The minimum Gasteiger partial charge on any atom is -0.350 e. The van der Waals surface area contributed by atoms with Gasteiger partial charge in [0, 0.05) is 62.6 Å². The monoisotopic (exact) mass is 380 g/mol. The lowest BCUT2D eigenvalue weighted by molar-refractivity contribution is 0.143. The Bertz CT molecular complexity index is 1000. The van der Waals surface area contributed by atoms with Crippen molar-refractivity contribution < 1.29 is 9.18 Å². The molecule has 0 aliphatic carbocycles. The molecule has 1 aliphatic rings. The molecule has 2 amide bonds. The van der Waals surface area contributed by atoms with E-state index in [4.69, 9.17) is 0 Å². The minimum atomic E-state index is -0.308. The van der Waals surface area contributed by atoms with Crippen molar-refractivity contribution in [1.82, 2.24) is 14.4 Å². The van der Waals surface area contributed by atoms with E-state index in [2.05, 4.69) is 52.3 Å². The van der Waals surface area contributed by atoms with Crippen molar-refractivity contribution >= 4 is 22.6 Å². The zero-order chi connectivity index (χ0) is 19.7. The van der Waals surface area contributed by atoms with Crippen LogP contribution in [0.1, 0.15) is 11.1 Å². The molecule has 146 valence electrons. The number of aromatic nitrogens is 1. The number of nitrogens with zero attached hydrogens (tertiary/aromatic N) is 3. The summed E-state index contributed by atoms with van der Waals surface area (Å²) in [6.07, 6.45) is 2.19. The van der Waals surface area contributed by atoms with Gasteiger partial charge in [-0.2, -0.15) is 0 Å². The van der Waals surface area contributed by atoms with Crippen LogP contribution in [0, 0.1) is 12.7 Å². The van der Waals surface area contributed by atoms with Gasteiger partial charge < -0.3 is 14.8 Å². The van der Waals surface area contributed by atoms with Crippen molar-refractivity contribution in [3.63, 3.8) is 0 Å². The second kappa shape index (κ2) is 7.64. The number of rotatable bonds is 3. The number of carbonyl (C=O) groups excluding carboxylic acids is 1. The van der Waals surface area contributed by atoms with Gasteiger partial charge in [0.2, 0.25) is 0 Å². The Morgan fingerprint density at radius 2 is 1.86 bits per heavy atom. The van der Waals surface area contributed by atoms with Gasteiger partial charge in [-0.25, -0.2) is 9.18 Å². The van der Waals surface area contributed by atoms with Crippen LogP contribution < -0.4 is 5.32 Å². The summed E-state index contributed by atoms with van der Waals surface area (Å²) in [5, 5.41) is 4.08. The van der Waals surface area contributed by atoms with Gasteiger partial charge in [0.25, 0.3) is 0 Å². The number of piperazine rings is 1. The Morgan fingerprint density at radius 3 is 2.61 bits per heavy atom. The van der Waals surface area contributed by atoms with Crippen molar-refractivity contribution in [2.24, 2.45) is 7.05 Å². The summed E-state index contributed by atoms with van der Waals surface area (Å²) in [4.78, 5) is 16.6. The smallest absolute Gasteiger partial charge is 0.321 e. The van der Waals surface area contributed by atoms with Crippen molar-refractivity contribution in [1.29, 1.82) is 0 Å². The number of hydrogen-bond donors (Lipinski definition) is 1. The van der Waals surface area contributed by atoms with Crippen LogP contribution in [-0.4, -0.2) is 46.6 Å². The number of benzene rings is 2. The fourth-order valence-electron chi connectivity index (χ4n) is 3.77. The van der Waals surface area contributed by atoms with Crippen LogP contribution in [0.15, 0.2) is 48.7 Å². The number of nitrogens with one attached hydrogen (secondary N) is 1. The zero-order valence-corrected chi connectivity index (χ0v) is 16.3. The number of hydrogen-bond acceptors (Lipinski definition) is 2. The molecule has 28 heavy (non-hydrogen) atoms. The number of para-hydroxylation sites is 1. The molecule has 1 aromatic heterocycles. The number of urea groups is 1. The highest BCUT2D eigenvalue weighted by Crippen LogP contribution is 2.22. The molecule has 0 atom stereocenters. The molecule has 2 heterocycles. The second-order valence-corrected chi connectivity index (χ2v) is 7.44. The fraction of sp³-hybridized carbons (Fsp3) is 0.318. The Labute approximate surface area is 164 Å². The number of halogens is 1. The first kappa shape index (κ1) is 18.5. The highest BCUT2D eigenvalue weighted by Gasteiger charge is 2.22. The predicted molar refractivity (Wildman–Crippen MR) is 110 cm³/mol. The van der Waals surface area contributed by atoms with Gasteiger partial charge in [0.15, 0.2) is 0 Å². The van der Waals surface area contributed by atoms with E-state index in [9.17, 15) is 9.18 Å². The van der Waals surface area contributed by atoms with Crippen LogP contribution in [0.25, 0.3) is 10.9 Å². The summed E-state index contributed by atoms with van der Waals surface area (Å²) in [6, 6.07) is 13.0. The maximum Gasteiger partial charge on any atom is 0.321 e. The first-order chi connectivity index (χ1) is 13.5. The first-order valence-electron chi connectivity index (χ1n) is 9.58. The molecule has 5 nitrogen and oxygen atoms in total. The van der Waals surface area contributed by atoms with Crippen LogP contribution in [0.4, 0.5) is 14.9 Å². The van der Waals surface area contributed by atoms with Crippen molar-refractivity contribution in [2.75, 3.05) is 31.5 Å². The van der Waals surface area contributed by atoms with Crippen LogP contribution >= 0.6 is 0 Å². The predicted octanol–water partition coefficient (Wildman–Crippen LogP) is 3.98. The summed E-state index contributed by atoms with van der Waals surface area (Å²) in [6.45, 7) is 5.53. The van der Waals surface area contributed by atoms with Crippen LogP contribution in [0.2, 0.25) is 0 Å². The van der Waals surface area contributed by atoms with Crippen molar-refractivity contribution in [3.8, 4) is 0 Å². The summed E-state index contributed by atoms with van der Waals surface area (Å²) < 4.78 is 15.8. The van der Waals surface area contributed by atoms with Crippen LogP contribution in [0.3, 0.4) is 0 Å². The number of fused-ring (bicyclic) bond motifs is 1. The molecule has 2 aromatic carbocycles. The normalized spacial score (nSPS) is 15.2. The average Bonchev–Trinajstić information content (AvgIpc) is 3.01. The minimum absolute atomic E-state index is 0.173. The molecule has 0 spiro atoms. The molecule has 6 heteroatoms. The van der Waals surface area contributed by atoms with E-state index in [1.165, 1.54) is 22.5 Å². The van der Waals surface area contributed by atoms with E-state index in [1.807, 2.05) is 0 Å². The van der Waals surface area contributed by atoms with E-state index < -0.39 is 0 Å². The summed E-state index contributed by atoms with van der Waals surface area (Å²) in [5.41, 5.74) is 3.61. The van der Waals surface area contributed by atoms with E-state index in [0.29, 0.717) is 24.3 Å². The Morgan fingerprint density at radius 1 is 1.11 bits per heavy atom. The number of amides is 2. The average molecular weight is 380 g/mol. The van der Waals surface area contributed by atoms with E-state index in [1.54, 1.807) is 24.0 Å². The fourth-order valence-corrected chi connectivity index (χ4v) is 3.77. The molecule has 1 N–H and O–H groups in total. The van der Waals surface area contributed by atoms with E-state index in [-0.39, 0.29) is 11.8 Å². The number of anilines is 1. The topological polar surface area (TPSA) is 40.5 Å². The van der Waals surface area contributed by atoms with Gasteiger partial charge in [-0.05, 0) is 36.2 Å². The van der Waals surface area contributed by atoms with E-state index >= 15 is 0 Å². The lowest BCUT2D eigenvalue weighted by Gasteiger charge is -2.34. The maximum atomic E-state index is 13.7. The van der Waals surface area contributed by atoms with Gasteiger partial charge in [-0.1, -0.05) is 24.3 Å². The number of aryl methyl sites for hydroxylation is 2. The van der Waals surface area contributed by atoms with Gasteiger partial charge >= 0.3 is 6.03 Å². The molecular weight excluding hydrogens is 355 g/mol. The standard InChI is InChI=1S/C22H25FN4O/c1-16-7-8-18(13-20(16)23)24-22(28)27-11-9-26(10-12-27)15-17-14-25(2)21-6-4-3-5-19(17)21/h3-8,13-14H,9-12,15H2,1-2H3,(H,24,28). The van der Waals surface area contributed by atoms with E-state index in [0.717, 1.165) is 19.6 Å². The molecule has 1 aliphatic heterocycles. The lowest BCUT2D eigenvalue weighted by atomic mass is 10.1. The molecule has 0 bridgehead atoms. The van der Waals surface area contributed by atoms with Crippen LogP contribution in [0.5, 0.6) is 0 Å². The Balaban J connectivity index is 1.35. The third kappa shape index (κ3) is 3.73. The molecular formula is C22H25FN4O. The Kier molecular flexibility index (Phi) is 5.05. The lowest BCUT2D eigenvalue weighted by Crippen LogP contribution is -2.49. The quantitative estimate of drug-likeness (QED) is 0.747. The third-order valence-electron chi connectivity index (χ3n) is 5.46. The molecule has 0 saturated carbocycles. The molecule has 1 saturated heterocycles.